The summed E-state index contributed by atoms with van der Waals surface area (Å²) in [5, 5.41) is 9.47. The van der Waals surface area contributed by atoms with Gasteiger partial charge < -0.3 is 0 Å². The Balaban J connectivity index is 2.31. The summed E-state index contributed by atoms with van der Waals surface area (Å²) in [7, 11) is 0. The summed E-state index contributed by atoms with van der Waals surface area (Å²) in [5.74, 6) is -0.483. The van der Waals surface area contributed by atoms with Crippen molar-refractivity contribution >= 4 is 5.78 Å². The van der Waals surface area contributed by atoms with Crippen molar-refractivity contribution in [2.24, 2.45) is 11.3 Å². The first-order valence-electron chi connectivity index (χ1n) is 7.37. The van der Waals surface area contributed by atoms with Crippen molar-refractivity contribution in [3.05, 3.63) is 34.9 Å². The van der Waals surface area contributed by atoms with Crippen LogP contribution in [0.1, 0.15) is 55.7 Å². The molecule has 0 radical (unpaired) electrons. The van der Waals surface area contributed by atoms with Gasteiger partial charge in [-0.05, 0) is 48.8 Å². The number of aryl methyl sites for hydroxylation is 2. The van der Waals surface area contributed by atoms with E-state index in [4.69, 9.17) is 0 Å². The number of carbonyl (C=O) groups excluding carboxylic acids is 1. The van der Waals surface area contributed by atoms with Crippen LogP contribution in [0.15, 0.2) is 18.2 Å². The normalized spacial score (nSPS) is 22.2. The Morgan fingerprint density at radius 2 is 2.05 bits per heavy atom. The lowest BCUT2D eigenvalue weighted by Crippen LogP contribution is -2.29. The highest BCUT2D eigenvalue weighted by Gasteiger charge is 2.42. The number of hydrogen-bond donors (Lipinski definition) is 0. The van der Waals surface area contributed by atoms with Gasteiger partial charge in [-0.2, -0.15) is 5.26 Å². The molecule has 0 spiro atoms. The maximum Gasteiger partial charge on any atom is 0.158 e. The van der Waals surface area contributed by atoms with Gasteiger partial charge in [-0.1, -0.05) is 38.5 Å². The monoisotopic (exact) mass is 269 g/mol. The van der Waals surface area contributed by atoms with Crippen LogP contribution < -0.4 is 0 Å². The second kappa shape index (κ2) is 5.40. The molecule has 0 heterocycles. The van der Waals surface area contributed by atoms with Crippen LogP contribution in [-0.2, 0) is 4.79 Å². The Morgan fingerprint density at radius 3 is 2.55 bits per heavy atom. The van der Waals surface area contributed by atoms with Crippen molar-refractivity contribution in [1.82, 2.24) is 0 Å². The second-order valence-corrected chi connectivity index (χ2v) is 6.74. The fourth-order valence-electron chi connectivity index (χ4n) is 3.30. The number of hydrogen-bond acceptors (Lipinski definition) is 2. The highest BCUT2D eigenvalue weighted by atomic mass is 16.1. The molecule has 2 rings (SSSR count). The quantitative estimate of drug-likeness (QED) is 0.820. The molecule has 106 valence electrons. The fraction of sp³-hybridized carbons (Fsp3) is 0.556. The van der Waals surface area contributed by atoms with E-state index in [1.165, 1.54) is 5.56 Å². The summed E-state index contributed by atoms with van der Waals surface area (Å²) in [4.78, 5) is 12.8. The highest BCUT2D eigenvalue weighted by molar-refractivity contribution is 5.91. The minimum atomic E-state index is -0.614. The second-order valence-electron chi connectivity index (χ2n) is 6.74. The Bertz CT molecular complexity index is 565. The summed E-state index contributed by atoms with van der Waals surface area (Å²) in [6.07, 6.45) is 3.10. The predicted molar refractivity (Wildman–Crippen MR) is 80.4 cm³/mol. The topological polar surface area (TPSA) is 40.9 Å². The molecule has 0 amide bonds. The van der Waals surface area contributed by atoms with Crippen LogP contribution in [0.4, 0.5) is 0 Å². The van der Waals surface area contributed by atoms with E-state index in [-0.39, 0.29) is 17.1 Å². The van der Waals surface area contributed by atoms with E-state index >= 15 is 0 Å². The number of Topliss-reactive ketones (excluding diaryl/α,β-unsaturated/α-hetero) is 1. The van der Waals surface area contributed by atoms with Crippen LogP contribution >= 0.6 is 0 Å². The van der Waals surface area contributed by atoms with Crippen LogP contribution in [0, 0.1) is 36.5 Å². The van der Waals surface area contributed by atoms with Crippen LogP contribution in [0.2, 0.25) is 0 Å². The zero-order chi connectivity index (χ0) is 14.9. The molecule has 1 aliphatic carbocycles. The first kappa shape index (κ1) is 14.8. The summed E-state index contributed by atoms with van der Waals surface area (Å²) >= 11 is 0. The van der Waals surface area contributed by atoms with E-state index in [2.05, 4.69) is 19.9 Å². The maximum atomic E-state index is 12.8. The van der Waals surface area contributed by atoms with Gasteiger partial charge in [0.2, 0.25) is 0 Å². The Kier molecular flexibility index (Phi) is 3.99. The standard InChI is InChI=1S/C18H23NO/c1-12-7-8-14(10-13(12)2)15(11-19)17(20)16-6-5-9-18(16,3)4/h7-8,10,15-16H,5-6,9H2,1-4H3. The molecule has 1 aliphatic rings. The SMILES string of the molecule is Cc1ccc(C(C#N)C(=O)C2CCCC2(C)C)cc1C. The highest BCUT2D eigenvalue weighted by Crippen LogP contribution is 2.45. The van der Waals surface area contributed by atoms with Crippen molar-refractivity contribution in [2.75, 3.05) is 0 Å². The van der Waals surface area contributed by atoms with Gasteiger partial charge in [-0.25, -0.2) is 0 Å². The Labute approximate surface area is 121 Å². The van der Waals surface area contributed by atoms with Gasteiger partial charge in [0, 0.05) is 5.92 Å². The number of benzene rings is 1. The maximum absolute atomic E-state index is 12.8. The van der Waals surface area contributed by atoms with Gasteiger partial charge in [-0.3, -0.25) is 4.79 Å². The van der Waals surface area contributed by atoms with Crippen molar-refractivity contribution in [2.45, 2.75) is 52.9 Å². The third kappa shape index (κ3) is 2.63. The smallest absolute Gasteiger partial charge is 0.158 e. The lowest BCUT2D eigenvalue weighted by molar-refractivity contribution is -0.125. The molecule has 1 saturated carbocycles. The third-order valence-electron chi connectivity index (χ3n) is 4.88. The van der Waals surface area contributed by atoms with E-state index in [9.17, 15) is 10.1 Å². The number of rotatable bonds is 3. The Morgan fingerprint density at radius 1 is 1.35 bits per heavy atom. The van der Waals surface area contributed by atoms with Gasteiger partial charge in [-0.15, -0.1) is 0 Å². The average Bonchev–Trinajstić information content (AvgIpc) is 2.74. The molecule has 2 atom stereocenters. The Hall–Kier alpha value is -1.62. The van der Waals surface area contributed by atoms with E-state index in [0.717, 1.165) is 30.4 Å². The molecule has 1 fully saturated rings. The summed E-state index contributed by atoms with van der Waals surface area (Å²) in [6, 6.07) is 8.15. The van der Waals surface area contributed by atoms with Gasteiger partial charge in [0.15, 0.2) is 5.78 Å². The molecular formula is C18H23NO. The van der Waals surface area contributed by atoms with Gasteiger partial charge in [0.25, 0.3) is 0 Å². The first-order chi connectivity index (χ1) is 9.36. The molecular weight excluding hydrogens is 246 g/mol. The third-order valence-corrected chi connectivity index (χ3v) is 4.88. The van der Waals surface area contributed by atoms with Crippen LogP contribution in [0.25, 0.3) is 0 Å². The van der Waals surface area contributed by atoms with Gasteiger partial charge in [0.1, 0.15) is 5.92 Å². The average molecular weight is 269 g/mol. The van der Waals surface area contributed by atoms with Crippen molar-refractivity contribution in [3.63, 3.8) is 0 Å². The largest absolute Gasteiger partial charge is 0.298 e. The summed E-state index contributed by atoms with van der Waals surface area (Å²) < 4.78 is 0. The molecule has 2 nitrogen and oxygen atoms in total. The van der Waals surface area contributed by atoms with E-state index in [1.807, 2.05) is 32.0 Å². The molecule has 0 bridgehead atoms. The number of nitrogens with zero attached hydrogens (tertiary/aromatic N) is 1. The molecule has 0 saturated heterocycles. The van der Waals surface area contributed by atoms with Crippen molar-refractivity contribution in [3.8, 4) is 6.07 Å². The molecule has 20 heavy (non-hydrogen) atoms. The molecule has 1 aromatic carbocycles. The van der Waals surface area contributed by atoms with E-state index in [0.29, 0.717) is 0 Å². The number of ketones is 1. The molecule has 0 aromatic heterocycles. The lowest BCUT2D eigenvalue weighted by atomic mass is 9.75. The van der Waals surface area contributed by atoms with E-state index < -0.39 is 5.92 Å². The predicted octanol–water partition coefficient (Wildman–Crippen LogP) is 4.31. The lowest BCUT2D eigenvalue weighted by Gasteiger charge is -2.27. The molecule has 0 aliphatic heterocycles. The van der Waals surface area contributed by atoms with Gasteiger partial charge in [0.05, 0.1) is 6.07 Å². The van der Waals surface area contributed by atoms with Gasteiger partial charge >= 0.3 is 0 Å². The molecule has 0 N–H and O–H groups in total. The number of nitriles is 1. The number of carbonyl (C=O) groups is 1. The molecule has 2 heteroatoms. The van der Waals surface area contributed by atoms with E-state index in [1.54, 1.807) is 0 Å². The minimum absolute atomic E-state index is 0.0220. The molecule has 2 unspecified atom stereocenters. The zero-order valence-corrected chi connectivity index (χ0v) is 12.9. The van der Waals surface area contributed by atoms with Crippen LogP contribution in [0.5, 0.6) is 0 Å². The summed E-state index contributed by atoms with van der Waals surface area (Å²) in [6.45, 7) is 8.37. The zero-order valence-electron chi connectivity index (χ0n) is 12.9. The summed E-state index contributed by atoms with van der Waals surface area (Å²) in [5.41, 5.74) is 3.22. The fourth-order valence-corrected chi connectivity index (χ4v) is 3.30. The van der Waals surface area contributed by atoms with Crippen LogP contribution in [-0.4, -0.2) is 5.78 Å². The van der Waals surface area contributed by atoms with Crippen LogP contribution in [0.3, 0.4) is 0 Å². The first-order valence-corrected chi connectivity index (χ1v) is 7.37. The minimum Gasteiger partial charge on any atom is -0.298 e. The van der Waals surface area contributed by atoms with Crippen molar-refractivity contribution in [1.29, 1.82) is 5.26 Å². The molecule has 1 aromatic rings. The van der Waals surface area contributed by atoms with Crippen molar-refractivity contribution < 1.29 is 4.79 Å².